The van der Waals surface area contributed by atoms with E-state index in [2.05, 4.69) is 0 Å². The summed E-state index contributed by atoms with van der Waals surface area (Å²) in [6.45, 7) is 0.0862. The van der Waals surface area contributed by atoms with Crippen molar-refractivity contribution in [2.45, 2.75) is 11.5 Å². The Kier molecular flexibility index (Phi) is 4.79. The lowest BCUT2D eigenvalue weighted by Crippen LogP contribution is -2.06. The molecule has 116 valence electrons. The van der Waals surface area contributed by atoms with Crippen LogP contribution >= 0.6 is 0 Å². The summed E-state index contributed by atoms with van der Waals surface area (Å²) >= 11 is 0. The van der Waals surface area contributed by atoms with Gasteiger partial charge in [0.15, 0.2) is 0 Å². The quantitative estimate of drug-likeness (QED) is 0.671. The summed E-state index contributed by atoms with van der Waals surface area (Å²) in [6.07, 6.45) is 0. The molecular weight excluding hydrogens is 308 g/mol. The van der Waals surface area contributed by atoms with E-state index in [0.29, 0.717) is 5.75 Å². The molecule has 0 unspecified atom stereocenters. The van der Waals surface area contributed by atoms with E-state index < -0.39 is 16.1 Å². The fourth-order valence-electron chi connectivity index (χ4n) is 1.72. The summed E-state index contributed by atoms with van der Waals surface area (Å²) in [6, 6.07) is 11.9. The van der Waals surface area contributed by atoms with Crippen LogP contribution in [0.5, 0.6) is 5.75 Å². The van der Waals surface area contributed by atoms with Gasteiger partial charge in [-0.3, -0.25) is 4.55 Å². The highest BCUT2D eigenvalue weighted by atomic mass is 32.2. The highest BCUT2D eigenvalue weighted by molar-refractivity contribution is 7.85. The van der Waals surface area contributed by atoms with E-state index >= 15 is 0 Å². The van der Waals surface area contributed by atoms with Gasteiger partial charge in [-0.05, 0) is 42.0 Å². The topological polar surface area (TPSA) is 89.9 Å². The zero-order valence-electron chi connectivity index (χ0n) is 11.7. The first kappa shape index (κ1) is 16.0. The Morgan fingerprint density at radius 3 is 2.14 bits per heavy atom. The van der Waals surface area contributed by atoms with Gasteiger partial charge in [-0.1, -0.05) is 12.1 Å². The van der Waals surface area contributed by atoms with Gasteiger partial charge >= 0.3 is 5.97 Å². The Morgan fingerprint density at radius 1 is 1.05 bits per heavy atom. The van der Waals surface area contributed by atoms with Crippen molar-refractivity contribution in [3.8, 4) is 5.75 Å². The summed E-state index contributed by atoms with van der Waals surface area (Å²) in [7, 11) is -2.71. The van der Waals surface area contributed by atoms with Crippen molar-refractivity contribution in [3.05, 3.63) is 59.7 Å². The average Bonchev–Trinajstić information content (AvgIpc) is 2.52. The van der Waals surface area contributed by atoms with Crippen molar-refractivity contribution in [1.29, 1.82) is 0 Å². The summed E-state index contributed by atoms with van der Waals surface area (Å²) in [5.41, 5.74) is 0.990. The molecule has 6 nitrogen and oxygen atoms in total. The molecule has 7 heteroatoms. The van der Waals surface area contributed by atoms with E-state index in [1.54, 1.807) is 31.4 Å². The summed E-state index contributed by atoms with van der Waals surface area (Å²) < 4.78 is 40.8. The number of hydrogen-bond donors (Lipinski definition) is 1. The first-order valence-corrected chi connectivity index (χ1v) is 7.72. The van der Waals surface area contributed by atoms with Gasteiger partial charge in [-0.25, -0.2) is 4.79 Å². The van der Waals surface area contributed by atoms with Gasteiger partial charge in [0.2, 0.25) is 0 Å². The Hall–Kier alpha value is -2.38. The molecular formula is C15H14O6S. The lowest BCUT2D eigenvalue weighted by Gasteiger charge is -2.06. The van der Waals surface area contributed by atoms with Crippen molar-refractivity contribution in [3.63, 3.8) is 0 Å². The first-order valence-electron chi connectivity index (χ1n) is 6.28. The third kappa shape index (κ3) is 4.06. The van der Waals surface area contributed by atoms with Crippen molar-refractivity contribution >= 4 is 16.1 Å². The zero-order valence-corrected chi connectivity index (χ0v) is 12.5. The number of ether oxygens (including phenoxy) is 2. The van der Waals surface area contributed by atoms with Crippen molar-refractivity contribution in [2.24, 2.45) is 0 Å². The van der Waals surface area contributed by atoms with Crippen LogP contribution in [0.4, 0.5) is 0 Å². The molecule has 2 rings (SSSR count). The number of hydrogen-bond acceptors (Lipinski definition) is 5. The molecule has 0 radical (unpaired) electrons. The highest BCUT2D eigenvalue weighted by Crippen LogP contribution is 2.14. The van der Waals surface area contributed by atoms with Crippen LogP contribution < -0.4 is 4.74 Å². The van der Waals surface area contributed by atoms with E-state index in [1.807, 2.05) is 0 Å². The van der Waals surface area contributed by atoms with Crippen LogP contribution in [0.15, 0.2) is 53.4 Å². The van der Waals surface area contributed by atoms with Crippen LogP contribution in [0, 0.1) is 0 Å². The minimum absolute atomic E-state index is 0.0862. The zero-order chi connectivity index (χ0) is 16.2. The summed E-state index contributed by atoms with van der Waals surface area (Å²) in [4.78, 5) is 11.6. The molecule has 0 fully saturated rings. The molecule has 2 aromatic rings. The monoisotopic (exact) mass is 322 g/mol. The lowest BCUT2D eigenvalue weighted by atomic mass is 10.2. The smallest absolute Gasteiger partial charge is 0.338 e. The number of methoxy groups -OCH3 is 1. The Labute approximate surface area is 128 Å². The van der Waals surface area contributed by atoms with Crippen LogP contribution in [0.2, 0.25) is 0 Å². The second-order valence-electron chi connectivity index (χ2n) is 4.42. The number of rotatable bonds is 5. The summed E-state index contributed by atoms with van der Waals surface area (Å²) in [5, 5.41) is 0. The molecule has 22 heavy (non-hydrogen) atoms. The molecule has 0 heterocycles. The van der Waals surface area contributed by atoms with Crippen LogP contribution in [0.3, 0.4) is 0 Å². The maximum atomic E-state index is 11.8. The molecule has 1 N–H and O–H groups in total. The van der Waals surface area contributed by atoms with Gasteiger partial charge in [-0.2, -0.15) is 8.42 Å². The molecule has 0 aliphatic heterocycles. The molecule has 0 saturated heterocycles. The number of benzene rings is 2. The molecule has 0 aliphatic rings. The van der Waals surface area contributed by atoms with Gasteiger partial charge in [-0.15, -0.1) is 0 Å². The van der Waals surface area contributed by atoms with Crippen LogP contribution in [0.1, 0.15) is 15.9 Å². The molecule has 0 amide bonds. The summed E-state index contributed by atoms with van der Waals surface area (Å²) in [5.74, 6) is 0.119. The Bertz CT molecular complexity index is 748. The maximum Gasteiger partial charge on any atom is 0.338 e. The second kappa shape index (κ2) is 6.59. The van der Waals surface area contributed by atoms with Gasteiger partial charge in [0.25, 0.3) is 10.1 Å². The van der Waals surface area contributed by atoms with Crippen molar-refractivity contribution in [1.82, 2.24) is 0 Å². The van der Waals surface area contributed by atoms with E-state index in [9.17, 15) is 13.2 Å². The molecule has 0 atom stereocenters. The fourth-order valence-corrected chi connectivity index (χ4v) is 2.20. The molecule has 0 aromatic heterocycles. The minimum atomic E-state index is -4.27. The van der Waals surface area contributed by atoms with E-state index in [1.165, 1.54) is 12.1 Å². The normalized spacial score (nSPS) is 11.0. The van der Waals surface area contributed by atoms with Gasteiger partial charge in [0, 0.05) is 0 Å². The average molecular weight is 322 g/mol. The number of carbonyl (C=O) groups is 1. The molecule has 0 saturated carbocycles. The first-order chi connectivity index (χ1) is 10.4. The van der Waals surface area contributed by atoms with Crippen LogP contribution in [-0.4, -0.2) is 26.0 Å². The predicted molar refractivity (Wildman–Crippen MR) is 78.4 cm³/mol. The predicted octanol–water partition coefficient (Wildman–Crippen LogP) is 2.30. The largest absolute Gasteiger partial charge is 0.497 e. The van der Waals surface area contributed by atoms with Crippen molar-refractivity contribution < 1.29 is 27.2 Å². The van der Waals surface area contributed by atoms with Crippen LogP contribution in [0.25, 0.3) is 0 Å². The van der Waals surface area contributed by atoms with Crippen molar-refractivity contribution in [2.75, 3.05) is 7.11 Å². The Morgan fingerprint density at radius 2 is 1.64 bits per heavy atom. The molecule has 0 aliphatic carbocycles. The lowest BCUT2D eigenvalue weighted by molar-refractivity contribution is 0.0472. The maximum absolute atomic E-state index is 11.8. The Balaban J connectivity index is 1.99. The third-order valence-corrected chi connectivity index (χ3v) is 3.78. The van der Waals surface area contributed by atoms with Gasteiger partial charge < -0.3 is 9.47 Å². The second-order valence-corrected chi connectivity index (χ2v) is 5.85. The minimum Gasteiger partial charge on any atom is -0.497 e. The van der Waals surface area contributed by atoms with Gasteiger partial charge in [0.05, 0.1) is 17.6 Å². The van der Waals surface area contributed by atoms with E-state index in [0.717, 1.165) is 17.7 Å². The SMILES string of the molecule is COc1ccc(COC(=O)c2ccc(S(=O)(=O)O)cc2)cc1. The standard InChI is InChI=1S/C15H14O6S/c1-20-13-6-2-11(3-7-13)10-21-15(16)12-4-8-14(9-5-12)22(17,18)19/h2-9H,10H2,1H3,(H,17,18,19). The third-order valence-electron chi connectivity index (χ3n) is 2.92. The fraction of sp³-hybridized carbons (Fsp3) is 0.133. The highest BCUT2D eigenvalue weighted by Gasteiger charge is 2.12. The number of carbonyl (C=O) groups excluding carboxylic acids is 1. The van der Waals surface area contributed by atoms with Crippen LogP contribution in [-0.2, 0) is 21.5 Å². The van der Waals surface area contributed by atoms with E-state index in [4.69, 9.17) is 14.0 Å². The molecule has 0 bridgehead atoms. The molecule has 0 spiro atoms. The van der Waals surface area contributed by atoms with Gasteiger partial charge in [0.1, 0.15) is 12.4 Å². The number of esters is 1. The van der Waals surface area contributed by atoms with E-state index in [-0.39, 0.29) is 17.1 Å². The molecule has 2 aromatic carbocycles.